The summed E-state index contributed by atoms with van der Waals surface area (Å²) in [5, 5.41) is 0. The summed E-state index contributed by atoms with van der Waals surface area (Å²) in [4.78, 5) is 26.8. The topological polar surface area (TPSA) is 42.3 Å². The minimum atomic E-state index is 0.0731. The van der Waals surface area contributed by atoms with E-state index in [-0.39, 0.29) is 17.4 Å². The van der Waals surface area contributed by atoms with Crippen molar-refractivity contribution in [2.24, 2.45) is 5.92 Å². The molecule has 23 heavy (non-hydrogen) atoms. The van der Waals surface area contributed by atoms with Crippen LogP contribution in [0.3, 0.4) is 0 Å². The summed E-state index contributed by atoms with van der Waals surface area (Å²) < 4.78 is 2.80. The molecule has 0 radical (unpaired) electrons. The Morgan fingerprint density at radius 3 is 2.74 bits per heavy atom. The Morgan fingerprint density at radius 1 is 1.09 bits per heavy atom. The number of piperidine rings is 1. The van der Waals surface area contributed by atoms with Gasteiger partial charge in [-0.15, -0.1) is 0 Å². The first kappa shape index (κ1) is 14.7. The molecular formula is C18H17BrN2O2. The van der Waals surface area contributed by atoms with Crippen LogP contribution in [0, 0.1) is 5.92 Å². The van der Waals surface area contributed by atoms with Crippen LogP contribution < -0.4 is 5.56 Å². The minimum absolute atomic E-state index is 0.0731. The normalized spacial score (nSPS) is 22.6. The second-order valence-electron chi connectivity index (χ2n) is 6.42. The van der Waals surface area contributed by atoms with Crippen LogP contribution in [-0.4, -0.2) is 28.5 Å². The summed E-state index contributed by atoms with van der Waals surface area (Å²) in [6.07, 6.45) is 1.06. The molecule has 5 heteroatoms. The molecule has 2 aliphatic rings. The fourth-order valence-electron chi connectivity index (χ4n) is 3.87. The van der Waals surface area contributed by atoms with Crippen molar-refractivity contribution in [3.05, 3.63) is 68.5 Å². The van der Waals surface area contributed by atoms with Crippen molar-refractivity contribution in [1.29, 1.82) is 0 Å². The van der Waals surface area contributed by atoms with Gasteiger partial charge in [0.2, 0.25) is 0 Å². The number of carbonyl (C=O) groups excluding carboxylic acids is 1. The number of hydrogen-bond acceptors (Lipinski definition) is 2. The first-order valence-electron chi connectivity index (χ1n) is 7.86. The van der Waals surface area contributed by atoms with Gasteiger partial charge < -0.3 is 9.47 Å². The van der Waals surface area contributed by atoms with Crippen molar-refractivity contribution in [2.75, 3.05) is 13.1 Å². The number of halogens is 1. The smallest absolute Gasteiger partial charge is 0.253 e. The Hall–Kier alpha value is -1.88. The summed E-state index contributed by atoms with van der Waals surface area (Å²) >= 11 is 3.42. The quantitative estimate of drug-likeness (QED) is 0.772. The number of likely N-dealkylation sites (tertiary alicyclic amines) is 1. The van der Waals surface area contributed by atoms with Crippen LogP contribution in [0.2, 0.25) is 0 Å². The lowest BCUT2D eigenvalue weighted by molar-refractivity contribution is 0.0594. The predicted octanol–water partition coefficient (Wildman–Crippen LogP) is 2.87. The number of benzene rings is 1. The molecule has 4 rings (SSSR count). The summed E-state index contributed by atoms with van der Waals surface area (Å²) in [5.41, 5.74) is 1.86. The van der Waals surface area contributed by atoms with Gasteiger partial charge in [0.25, 0.3) is 11.5 Å². The van der Waals surface area contributed by atoms with E-state index in [1.165, 1.54) is 0 Å². The van der Waals surface area contributed by atoms with Crippen molar-refractivity contribution in [3.8, 4) is 0 Å². The summed E-state index contributed by atoms with van der Waals surface area (Å²) in [7, 11) is 0. The molecule has 2 bridgehead atoms. The lowest BCUT2D eigenvalue weighted by atomic mass is 9.83. The Kier molecular flexibility index (Phi) is 3.60. The molecule has 1 aromatic carbocycles. The predicted molar refractivity (Wildman–Crippen MR) is 91.6 cm³/mol. The Morgan fingerprint density at radius 2 is 1.91 bits per heavy atom. The number of fused-ring (bicyclic) bond motifs is 4. The van der Waals surface area contributed by atoms with Crippen molar-refractivity contribution in [2.45, 2.75) is 18.9 Å². The van der Waals surface area contributed by atoms with E-state index in [2.05, 4.69) is 15.9 Å². The standard InChI is InChI=1S/C18H17BrN2O2/c19-15-4-1-3-13(8-15)18(23)20-9-12-7-14(11-20)16-5-2-6-17(22)21(16)10-12/h1-6,8,12,14H,7,9-11H2. The molecule has 118 valence electrons. The molecule has 2 unspecified atom stereocenters. The fourth-order valence-corrected chi connectivity index (χ4v) is 4.27. The molecule has 2 aliphatic heterocycles. The van der Waals surface area contributed by atoms with Gasteiger partial charge in [-0.2, -0.15) is 0 Å². The molecule has 1 amide bonds. The molecule has 2 atom stereocenters. The third kappa shape index (κ3) is 2.63. The maximum atomic E-state index is 12.8. The van der Waals surface area contributed by atoms with Crippen molar-refractivity contribution in [3.63, 3.8) is 0 Å². The Labute approximate surface area is 142 Å². The highest BCUT2D eigenvalue weighted by molar-refractivity contribution is 9.10. The average Bonchev–Trinajstić information content (AvgIpc) is 2.55. The number of nitrogens with zero attached hydrogens (tertiary/aromatic N) is 2. The van der Waals surface area contributed by atoms with Crippen molar-refractivity contribution >= 4 is 21.8 Å². The first-order valence-corrected chi connectivity index (χ1v) is 8.66. The van der Waals surface area contributed by atoms with E-state index in [9.17, 15) is 9.59 Å². The van der Waals surface area contributed by atoms with Gasteiger partial charge in [0.15, 0.2) is 0 Å². The van der Waals surface area contributed by atoms with Gasteiger partial charge in [-0.05, 0) is 36.6 Å². The zero-order valence-corrected chi connectivity index (χ0v) is 14.2. The molecule has 0 N–H and O–H groups in total. The maximum Gasteiger partial charge on any atom is 0.253 e. The number of hydrogen-bond donors (Lipinski definition) is 0. The van der Waals surface area contributed by atoms with E-state index in [0.717, 1.165) is 23.1 Å². The van der Waals surface area contributed by atoms with Gasteiger partial charge in [0.1, 0.15) is 0 Å². The molecule has 3 heterocycles. The van der Waals surface area contributed by atoms with Crippen molar-refractivity contribution in [1.82, 2.24) is 9.47 Å². The molecule has 1 saturated heterocycles. The fraction of sp³-hybridized carbons (Fsp3) is 0.333. The highest BCUT2D eigenvalue weighted by atomic mass is 79.9. The van der Waals surface area contributed by atoms with Crippen LogP contribution in [0.4, 0.5) is 0 Å². The van der Waals surface area contributed by atoms with Crippen LogP contribution >= 0.6 is 15.9 Å². The van der Waals surface area contributed by atoms with E-state index in [4.69, 9.17) is 0 Å². The number of carbonyl (C=O) groups is 1. The third-order valence-electron chi connectivity index (χ3n) is 4.84. The van der Waals surface area contributed by atoms with Crippen LogP contribution in [0.1, 0.15) is 28.4 Å². The highest BCUT2D eigenvalue weighted by Gasteiger charge is 2.36. The van der Waals surface area contributed by atoms with Gasteiger partial charge in [0, 0.05) is 47.3 Å². The number of amides is 1. The summed E-state index contributed by atoms with van der Waals surface area (Å²) in [5.74, 6) is 0.692. The van der Waals surface area contributed by atoms with Crippen molar-refractivity contribution < 1.29 is 4.79 Å². The average molecular weight is 373 g/mol. The van der Waals surface area contributed by atoms with E-state index < -0.39 is 0 Å². The van der Waals surface area contributed by atoms with Crippen LogP contribution in [0.5, 0.6) is 0 Å². The SMILES string of the molecule is O=C(c1cccc(Br)c1)N1CC2CC(C1)c1cccc(=O)n1C2. The second kappa shape index (κ2) is 5.64. The second-order valence-corrected chi connectivity index (χ2v) is 7.33. The largest absolute Gasteiger partial charge is 0.338 e. The zero-order chi connectivity index (χ0) is 16.0. The number of rotatable bonds is 1. The first-order chi connectivity index (χ1) is 11.1. The van der Waals surface area contributed by atoms with Crippen LogP contribution in [0.15, 0.2) is 51.7 Å². The zero-order valence-electron chi connectivity index (χ0n) is 12.6. The van der Waals surface area contributed by atoms with E-state index in [1.807, 2.05) is 45.9 Å². The number of aromatic nitrogens is 1. The van der Waals surface area contributed by atoms with Crippen LogP contribution in [0.25, 0.3) is 0 Å². The van der Waals surface area contributed by atoms with Gasteiger partial charge in [0.05, 0.1) is 0 Å². The molecule has 1 aromatic heterocycles. The van der Waals surface area contributed by atoms with Gasteiger partial charge in [-0.25, -0.2) is 0 Å². The molecule has 0 aliphatic carbocycles. The lowest BCUT2D eigenvalue weighted by Gasteiger charge is -2.42. The lowest BCUT2D eigenvalue weighted by Crippen LogP contribution is -2.49. The molecule has 0 spiro atoms. The third-order valence-corrected chi connectivity index (χ3v) is 5.33. The summed E-state index contributed by atoms with van der Waals surface area (Å²) in [6, 6.07) is 13.0. The van der Waals surface area contributed by atoms with E-state index in [0.29, 0.717) is 24.6 Å². The molecule has 2 aromatic rings. The molecule has 4 nitrogen and oxygen atoms in total. The summed E-state index contributed by atoms with van der Waals surface area (Å²) in [6.45, 7) is 2.13. The van der Waals surface area contributed by atoms with Gasteiger partial charge >= 0.3 is 0 Å². The number of pyridine rings is 1. The molecular weight excluding hydrogens is 356 g/mol. The maximum absolute atomic E-state index is 12.8. The van der Waals surface area contributed by atoms with E-state index >= 15 is 0 Å². The van der Waals surface area contributed by atoms with E-state index in [1.54, 1.807) is 6.07 Å². The Bertz CT molecular complexity index is 830. The highest BCUT2D eigenvalue weighted by Crippen LogP contribution is 2.35. The monoisotopic (exact) mass is 372 g/mol. The Balaban J connectivity index is 1.63. The van der Waals surface area contributed by atoms with Gasteiger partial charge in [-0.1, -0.05) is 28.1 Å². The molecule has 0 saturated carbocycles. The minimum Gasteiger partial charge on any atom is -0.338 e. The van der Waals surface area contributed by atoms with Crippen LogP contribution in [-0.2, 0) is 6.54 Å². The van der Waals surface area contributed by atoms with Gasteiger partial charge in [-0.3, -0.25) is 9.59 Å². The molecule has 1 fully saturated rings.